The van der Waals surface area contributed by atoms with Crippen molar-refractivity contribution in [2.75, 3.05) is 30.3 Å². The van der Waals surface area contributed by atoms with Gasteiger partial charge >= 0.3 is 0 Å². The normalized spacial score (nSPS) is 18.1. The largest absolute Gasteiger partial charge is 0.383 e. The van der Waals surface area contributed by atoms with Crippen molar-refractivity contribution in [1.29, 1.82) is 0 Å². The highest BCUT2D eigenvalue weighted by Crippen LogP contribution is 2.25. The highest BCUT2D eigenvalue weighted by atomic mass is 19.1. The zero-order chi connectivity index (χ0) is 17.4. The first-order chi connectivity index (χ1) is 11.4. The Morgan fingerprint density at radius 1 is 1.33 bits per heavy atom. The van der Waals surface area contributed by atoms with Crippen LogP contribution in [-0.2, 0) is 7.05 Å². The van der Waals surface area contributed by atoms with E-state index < -0.39 is 0 Å². The number of amides is 1. The van der Waals surface area contributed by atoms with Crippen LogP contribution < -0.4 is 10.6 Å². The molecule has 0 spiro atoms. The Kier molecular flexibility index (Phi) is 4.17. The van der Waals surface area contributed by atoms with Gasteiger partial charge in [0.15, 0.2) is 0 Å². The molecule has 1 aromatic carbocycles. The van der Waals surface area contributed by atoms with Crippen LogP contribution in [-0.4, -0.2) is 46.3 Å². The number of carbonyl (C=O) groups excluding carboxylic acids is 1. The summed E-state index contributed by atoms with van der Waals surface area (Å²) in [5, 5.41) is 4.21. The molecule has 1 atom stereocenters. The van der Waals surface area contributed by atoms with E-state index in [4.69, 9.17) is 5.73 Å². The molecule has 6 nitrogen and oxygen atoms in total. The zero-order valence-electron chi connectivity index (χ0n) is 14.2. The summed E-state index contributed by atoms with van der Waals surface area (Å²) in [4.78, 5) is 16.6. The van der Waals surface area contributed by atoms with E-state index in [9.17, 15) is 9.18 Å². The Balaban J connectivity index is 1.79. The van der Waals surface area contributed by atoms with Crippen molar-refractivity contribution in [1.82, 2.24) is 14.7 Å². The molecule has 128 valence electrons. The Bertz CT molecular complexity index is 772. The molecule has 2 N–H and O–H groups in total. The second kappa shape index (κ2) is 6.14. The van der Waals surface area contributed by atoms with Gasteiger partial charge in [0.25, 0.3) is 5.91 Å². The third-order valence-corrected chi connectivity index (χ3v) is 4.56. The topological polar surface area (TPSA) is 67.4 Å². The second-order valence-corrected chi connectivity index (χ2v) is 6.21. The molecule has 1 aliphatic rings. The lowest BCUT2D eigenvalue weighted by atomic mass is 10.1. The van der Waals surface area contributed by atoms with Gasteiger partial charge in [0, 0.05) is 32.7 Å². The van der Waals surface area contributed by atoms with Crippen molar-refractivity contribution < 1.29 is 9.18 Å². The van der Waals surface area contributed by atoms with Crippen LogP contribution in [0.2, 0.25) is 0 Å². The maximum absolute atomic E-state index is 14.0. The number of nitrogens with zero attached hydrogens (tertiary/aromatic N) is 4. The summed E-state index contributed by atoms with van der Waals surface area (Å²) in [6.45, 7) is 5.42. The number of piperazine rings is 1. The molecular formula is C17H22FN5O. The molecule has 1 unspecified atom stereocenters. The molecule has 2 heterocycles. The van der Waals surface area contributed by atoms with Crippen molar-refractivity contribution in [3.05, 3.63) is 41.3 Å². The third-order valence-electron chi connectivity index (χ3n) is 4.56. The minimum atomic E-state index is -0.239. The number of anilines is 2. The van der Waals surface area contributed by atoms with Crippen LogP contribution in [0, 0.1) is 12.7 Å². The van der Waals surface area contributed by atoms with E-state index in [1.54, 1.807) is 31.0 Å². The number of hydrogen-bond acceptors (Lipinski definition) is 4. The Morgan fingerprint density at radius 3 is 2.62 bits per heavy atom. The van der Waals surface area contributed by atoms with E-state index in [2.05, 4.69) is 5.10 Å². The van der Waals surface area contributed by atoms with Crippen molar-refractivity contribution in [3.63, 3.8) is 0 Å². The van der Waals surface area contributed by atoms with Crippen LogP contribution in [0.15, 0.2) is 24.3 Å². The first-order valence-corrected chi connectivity index (χ1v) is 7.99. The molecule has 0 aliphatic carbocycles. The number of para-hydroxylation sites is 1. The Hall–Kier alpha value is -2.57. The molecule has 2 aromatic rings. The third kappa shape index (κ3) is 2.70. The summed E-state index contributed by atoms with van der Waals surface area (Å²) in [6.07, 6.45) is 0. The van der Waals surface area contributed by atoms with E-state index in [-0.39, 0.29) is 17.8 Å². The number of carbonyl (C=O) groups is 1. The van der Waals surface area contributed by atoms with E-state index >= 15 is 0 Å². The van der Waals surface area contributed by atoms with Crippen LogP contribution in [0.5, 0.6) is 0 Å². The number of rotatable bonds is 2. The maximum Gasteiger partial charge on any atom is 0.259 e. The number of nitrogen functional groups attached to an aromatic ring is 1. The monoisotopic (exact) mass is 331 g/mol. The number of halogens is 1. The van der Waals surface area contributed by atoms with Crippen molar-refractivity contribution in [2.24, 2.45) is 7.05 Å². The van der Waals surface area contributed by atoms with Gasteiger partial charge in [-0.1, -0.05) is 12.1 Å². The van der Waals surface area contributed by atoms with Gasteiger partial charge < -0.3 is 15.5 Å². The highest BCUT2D eigenvalue weighted by molar-refractivity contribution is 6.00. The number of aryl methyl sites for hydroxylation is 2. The van der Waals surface area contributed by atoms with E-state index in [1.807, 2.05) is 17.9 Å². The molecular weight excluding hydrogens is 309 g/mol. The predicted molar refractivity (Wildman–Crippen MR) is 91.5 cm³/mol. The number of aromatic nitrogens is 2. The van der Waals surface area contributed by atoms with Gasteiger partial charge in [0.05, 0.1) is 11.4 Å². The van der Waals surface area contributed by atoms with Gasteiger partial charge in [-0.25, -0.2) is 4.39 Å². The molecule has 1 aromatic heterocycles. The first kappa shape index (κ1) is 16.3. The second-order valence-electron chi connectivity index (χ2n) is 6.21. The Labute approximate surface area is 140 Å². The lowest BCUT2D eigenvalue weighted by Crippen LogP contribution is -2.54. The molecule has 1 aliphatic heterocycles. The van der Waals surface area contributed by atoms with Crippen LogP contribution in [0.4, 0.5) is 15.9 Å². The van der Waals surface area contributed by atoms with Gasteiger partial charge in [-0.15, -0.1) is 0 Å². The molecule has 0 saturated carbocycles. The number of hydrogen-bond donors (Lipinski definition) is 1. The summed E-state index contributed by atoms with van der Waals surface area (Å²) in [5.41, 5.74) is 7.66. The highest BCUT2D eigenvalue weighted by Gasteiger charge is 2.32. The molecule has 24 heavy (non-hydrogen) atoms. The Morgan fingerprint density at radius 2 is 2.04 bits per heavy atom. The van der Waals surface area contributed by atoms with Gasteiger partial charge in [-0.3, -0.25) is 9.48 Å². The summed E-state index contributed by atoms with van der Waals surface area (Å²) in [7, 11) is 1.72. The molecule has 0 bridgehead atoms. The van der Waals surface area contributed by atoms with Gasteiger partial charge in [-0.2, -0.15) is 5.10 Å². The van der Waals surface area contributed by atoms with Crippen molar-refractivity contribution in [3.8, 4) is 0 Å². The first-order valence-electron chi connectivity index (χ1n) is 7.99. The van der Waals surface area contributed by atoms with E-state index in [1.165, 1.54) is 10.7 Å². The smallest absolute Gasteiger partial charge is 0.259 e. The predicted octanol–water partition coefficient (Wildman–Crippen LogP) is 1.80. The van der Waals surface area contributed by atoms with E-state index in [0.29, 0.717) is 42.4 Å². The van der Waals surface area contributed by atoms with Gasteiger partial charge in [0.1, 0.15) is 17.2 Å². The van der Waals surface area contributed by atoms with Crippen LogP contribution >= 0.6 is 0 Å². The minimum absolute atomic E-state index is 0.0511. The molecule has 1 amide bonds. The summed E-state index contributed by atoms with van der Waals surface area (Å²) in [6, 6.07) is 6.67. The van der Waals surface area contributed by atoms with Crippen LogP contribution in [0.3, 0.4) is 0 Å². The summed E-state index contributed by atoms with van der Waals surface area (Å²) in [5.74, 6) is 0.0249. The number of nitrogens with two attached hydrogens (primary N) is 1. The van der Waals surface area contributed by atoms with Crippen molar-refractivity contribution >= 4 is 17.4 Å². The molecule has 7 heteroatoms. The lowest BCUT2D eigenvalue weighted by Gasteiger charge is -2.41. The van der Waals surface area contributed by atoms with Crippen LogP contribution in [0.1, 0.15) is 23.0 Å². The molecule has 1 saturated heterocycles. The summed E-state index contributed by atoms with van der Waals surface area (Å²) < 4.78 is 15.5. The molecule has 0 radical (unpaired) electrons. The zero-order valence-corrected chi connectivity index (χ0v) is 14.2. The fourth-order valence-corrected chi connectivity index (χ4v) is 3.27. The quantitative estimate of drug-likeness (QED) is 0.911. The van der Waals surface area contributed by atoms with Crippen molar-refractivity contribution in [2.45, 2.75) is 19.9 Å². The molecule has 1 fully saturated rings. The average Bonchev–Trinajstić information content (AvgIpc) is 2.80. The minimum Gasteiger partial charge on any atom is -0.383 e. The van der Waals surface area contributed by atoms with E-state index in [0.717, 1.165) is 0 Å². The van der Waals surface area contributed by atoms with Gasteiger partial charge in [-0.05, 0) is 26.0 Å². The number of benzene rings is 1. The average molecular weight is 331 g/mol. The standard InChI is InChI=1S/C17H22FN5O/c1-11-10-22(14-7-5-4-6-13(14)18)8-9-23(11)17(24)15-12(2)20-21(3)16(15)19/h4-7,11H,8-10,19H2,1-3H3. The SMILES string of the molecule is Cc1nn(C)c(N)c1C(=O)N1CCN(c2ccccc2F)CC1C. The lowest BCUT2D eigenvalue weighted by molar-refractivity contribution is 0.0674. The molecule has 3 rings (SSSR count). The fraction of sp³-hybridized carbons (Fsp3) is 0.412. The van der Waals surface area contributed by atoms with Gasteiger partial charge in [0.2, 0.25) is 0 Å². The summed E-state index contributed by atoms with van der Waals surface area (Å²) >= 11 is 0. The van der Waals surface area contributed by atoms with Crippen LogP contribution in [0.25, 0.3) is 0 Å². The maximum atomic E-state index is 14.0. The fourth-order valence-electron chi connectivity index (χ4n) is 3.27.